The Kier molecular flexibility index (Phi) is 4.43. The van der Waals surface area contributed by atoms with Crippen molar-refractivity contribution in [3.8, 4) is 0 Å². The molecule has 1 fully saturated rings. The lowest BCUT2D eigenvalue weighted by Gasteiger charge is -2.42. The fraction of sp³-hybridized carbons (Fsp3) is 0.389. The van der Waals surface area contributed by atoms with Gasteiger partial charge in [-0.2, -0.15) is 0 Å². The van der Waals surface area contributed by atoms with E-state index in [1.165, 1.54) is 0 Å². The smallest absolute Gasteiger partial charge is 0.250 e. The van der Waals surface area contributed by atoms with Gasteiger partial charge < -0.3 is 9.88 Å². The Balaban J connectivity index is 1.43. The van der Waals surface area contributed by atoms with Crippen LogP contribution in [0.4, 0.5) is 5.82 Å². The van der Waals surface area contributed by atoms with Gasteiger partial charge in [-0.3, -0.25) is 14.5 Å². The van der Waals surface area contributed by atoms with Crippen LogP contribution in [-0.4, -0.2) is 40.0 Å². The Bertz CT molecular complexity index is 849. The van der Waals surface area contributed by atoms with Gasteiger partial charge in [-0.15, -0.1) is 0 Å². The van der Waals surface area contributed by atoms with Crippen LogP contribution in [0.25, 0.3) is 0 Å². The first-order valence-corrected chi connectivity index (χ1v) is 9.21. The molecule has 1 N–H and O–H groups in total. The number of carbonyl (C=O) groups is 1. The Morgan fingerprint density at radius 2 is 2.12 bits per heavy atom. The first-order chi connectivity index (χ1) is 12.1. The molecule has 4 heterocycles. The van der Waals surface area contributed by atoms with E-state index in [1.807, 2.05) is 22.8 Å². The van der Waals surface area contributed by atoms with Gasteiger partial charge in [0.15, 0.2) is 0 Å². The number of hydrogen-bond donors (Lipinski definition) is 1. The highest BCUT2D eigenvalue weighted by Gasteiger charge is 2.34. The molecule has 130 valence electrons. The van der Waals surface area contributed by atoms with Gasteiger partial charge in [-0.05, 0) is 46.5 Å². The first kappa shape index (κ1) is 16.5. The second kappa shape index (κ2) is 6.72. The second-order valence-corrected chi connectivity index (χ2v) is 7.72. The molecule has 0 saturated carbocycles. The lowest BCUT2D eigenvalue weighted by atomic mass is 9.83. The van der Waals surface area contributed by atoms with Crippen LogP contribution < -0.4 is 10.9 Å². The molecular weight excluding hydrogens is 384 g/mol. The van der Waals surface area contributed by atoms with Crippen molar-refractivity contribution in [1.82, 2.24) is 14.5 Å². The van der Waals surface area contributed by atoms with Crippen molar-refractivity contribution >= 4 is 27.7 Å². The Labute approximate surface area is 154 Å². The van der Waals surface area contributed by atoms with E-state index >= 15 is 0 Å². The van der Waals surface area contributed by atoms with Crippen molar-refractivity contribution in [2.75, 3.05) is 25.0 Å². The van der Waals surface area contributed by atoms with Gasteiger partial charge in [0.05, 0.1) is 6.54 Å². The van der Waals surface area contributed by atoms with E-state index in [0.717, 1.165) is 36.2 Å². The van der Waals surface area contributed by atoms with Crippen LogP contribution in [0.3, 0.4) is 0 Å². The highest BCUT2D eigenvalue weighted by atomic mass is 79.9. The minimum atomic E-state index is -0.0553. The molecule has 2 atom stereocenters. The molecule has 0 aliphatic carbocycles. The van der Waals surface area contributed by atoms with Gasteiger partial charge in [-0.25, -0.2) is 4.98 Å². The van der Waals surface area contributed by atoms with Crippen LogP contribution in [0, 0.1) is 5.92 Å². The van der Waals surface area contributed by atoms with Gasteiger partial charge in [0, 0.05) is 48.0 Å². The molecule has 1 amide bonds. The predicted molar refractivity (Wildman–Crippen MR) is 98.6 cm³/mol. The molecule has 0 radical (unpaired) electrons. The number of rotatable bonds is 3. The molecule has 25 heavy (non-hydrogen) atoms. The van der Waals surface area contributed by atoms with Crippen molar-refractivity contribution in [1.29, 1.82) is 0 Å². The number of anilines is 1. The van der Waals surface area contributed by atoms with E-state index in [1.54, 1.807) is 18.3 Å². The molecule has 0 unspecified atom stereocenters. The Morgan fingerprint density at radius 3 is 2.92 bits per heavy atom. The average molecular weight is 403 g/mol. The molecule has 2 aliphatic rings. The summed E-state index contributed by atoms with van der Waals surface area (Å²) in [6.07, 6.45) is 2.76. The summed E-state index contributed by atoms with van der Waals surface area (Å²) in [6.45, 7) is 2.75. The van der Waals surface area contributed by atoms with Gasteiger partial charge in [0.2, 0.25) is 5.91 Å². The van der Waals surface area contributed by atoms with Crippen molar-refractivity contribution in [2.45, 2.75) is 18.9 Å². The van der Waals surface area contributed by atoms with Crippen LogP contribution in [0.5, 0.6) is 0 Å². The molecule has 7 heteroatoms. The summed E-state index contributed by atoms with van der Waals surface area (Å²) in [4.78, 5) is 30.7. The van der Waals surface area contributed by atoms with E-state index in [4.69, 9.17) is 0 Å². The summed E-state index contributed by atoms with van der Waals surface area (Å²) >= 11 is 3.33. The Hall–Kier alpha value is -1.99. The number of aromatic nitrogens is 2. The SMILES string of the molecule is O=C(CN1C[C@H]2C[C@@H](C1)c1cccc(=O)n1C2)Nc1ccc(Br)cn1. The number of nitrogens with zero attached hydrogens (tertiary/aromatic N) is 3. The largest absolute Gasteiger partial charge is 0.312 e. The molecule has 2 aliphatic heterocycles. The summed E-state index contributed by atoms with van der Waals surface area (Å²) in [5.74, 6) is 1.24. The van der Waals surface area contributed by atoms with Gasteiger partial charge >= 0.3 is 0 Å². The lowest BCUT2D eigenvalue weighted by Crippen LogP contribution is -2.49. The number of nitrogens with one attached hydrogen (secondary N) is 1. The average Bonchev–Trinajstić information content (AvgIpc) is 2.58. The van der Waals surface area contributed by atoms with Crippen LogP contribution in [0.15, 0.2) is 45.8 Å². The summed E-state index contributed by atoms with van der Waals surface area (Å²) in [6, 6.07) is 9.12. The van der Waals surface area contributed by atoms with E-state index < -0.39 is 0 Å². The highest BCUT2D eigenvalue weighted by molar-refractivity contribution is 9.10. The monoisotopic (exact) mass is 402 g/mol. The predicted octanol–water partition coefficient (Wildman–Crippen LogP) is 2.06. The molecule has 2 aromatic rings. The van der Waals surface area contributed by atoms with Gasteiger partial charge in [-0.1, -0.05) is 6.07 Å². The van der Waals surface area contributed by atoms with E-state index in [-0.39, 0.29) is 11.5 Å². The van der Waals surface area contributed by atoms with Crippen molar-refractivity contribution in [3.05, 3.63) is 57.0 Å². The minimum Gasteiger partial charge on any atom is -0.312 e. The molecular formula is C18H19BrN4O2. The fourth-order valence-electron chi connectivity index (χ4n) is 3.96. The number of hydrogen-bond acceptors (Lipinski definition) is 4. The maximum absolute atomic E-state index is 12.3. The maximum atomic E-state index is 12.3. The number of amides is 1. The molecule has 1 saturated heterocycles. The summed E-state index contributed by atoms with van der Waals surface area (Å²) < 4.78 is 2.78. The van der Waals surface area contributed by atoms with E-state index in [9.17, 15) is 9.59 Å². The van der Waals surface area contributed by atoms with Crippen molar-refractivity contribution in [2.24, 2.45) is 5.92 Å². The van der Waals surface area contributed by atoms with Crippen LogP contribution in [0.1, 0.15) is 18.0 Å². The van der Waals surface area contributed by atoms with Crippen LogP contribution in [0.2, 0.25) is 0 Å². The number of likely N-dealkylation sites (tertiary alicyclic amines) is 1. The topological polar surface area (TPSA) is 67.2 Å². The maximum Gasteiger partial charge on any atom is 0.250 e. The molecule has 2 bridgehead atoms. The van der Waals surface area contributed by atoms with Gasteiger partial charge in [0.25, 0.3) is 5.56 Å². The molecule has 2 aromatic heterocycles. The normalized spacial score (nSPS) is 22.3. The summed E-state index contributed by atoms with van der Waals surface area (Å²) in [7, 11) is 0. The number of carbonyl (C=O) groups excluding carboxylic acids is 1. The number of pyridine rings is 2. The zero-order chi connectivity index (χ0) is 17.4. The Morgan fingerprint density at radius 1 is 1.24 bits per heavy atom. The minimum absolute atomic E-state index is 0.0553. The van der Waals surface area contributed by atoms with Crippen molar-refractivity contribution in [3.63, 3.8) is 0 Å². The second-order valence-electron chi connectivity index (χ2n) is 6.80. The number of halogens is 1. The zero-order valence-corrected chi connectivity index (χ0v) is 15.3. The third-order valence-electron chi connectivity index (χ3n) is 4.92. The highest BCUT2D eigenvalue weighted by Crippen LogP contribution is 2.34. The third kappa shape index (κ3) is 3.52. The van der Waals surface area contributed by atoms with Crippen LogP contribution >= 0.6 is 15.9 Å². The number of fused-ring (bicyclic) bond motifs is 4. The standard InChI is InChI=1S/C18H19BrN4O2/c19-14-4-5-16(20-7-14)21-17(24)11-22-8-12-6-13(10-22)15-2-1-3-18(25)23(15)9-12/h1-5,7,12-13H,6,8-11H2,(H,20,21,24)/t12-,13+/m1/s1. The van der Waals surface area contributed by atoms with Crippen LogP contribution in [-0.2, 0) is 11.3 Å². The summed E-state index contributed by atoms with van der Waals surface area (Å²) in [5, 5.41) is 2.84. The molecule has 4 rings (SSSR count). The zero-order valence-electron chi connectivity index (χ0n) is 13.7. The summed E-state index contributed by atoms with van der Waals surface area (Å²) in [5.41, 5.74) is 1.18. The molecule has 0 spiro atoms. The lowest BCUT2D eigenvalue weighted by molar-refractivity contribution is -0.118. The quantitative estimate of drug-likeness (QED) is 0.852. The third-order valence-corrected chi connectivity index (χ3v) is 5.39. The fourth-order valence-corrected chi connectivity index (χ4v) is 4.19. The van der Waals surface area contributed by atoms with E-state index in [0.29, 0.717) is 24.2 Å². The molecule has 0 aromatic carbocycles. The van der Waals surface area contributed by atoms with Crippen molar-refractivity contribution < 1.29 is 4.79 Å². The van der Waals surface area contributed by atoms with Gasteiger partial charge in [0.1, 0.15) is 5.82 Å². The first-order valence-electron chi connectivity index (χ1n) is 8.42. The number of piperidine rings is 1. The van der Waals surface area contributed by atoms with E-state index in [2.05, 4.69) is 31.1 Å². The molecule has 6 nitrogen and oxygen atoms in total.